The van der Waals surface area contributed by atoms with Gasteiger partial charge in [0.05, 0.1) is 10.1 Å². The van der Waals surface area contributed by atoms with E-state index in [1.807, 2.05) is 12.1 Å². The molecule has 0 bridgehead atoms. The van der Waals surface area contributed by atoms with Gasteiger partial charge in [-0.25, -0.2) is 4.79 Å². The van der Waals surface area contributed by atoms with Crippen molar-refractivity contribution in [3.8, 4) is 0 Å². The molecule has 1 aliphatic rings. The third kappa shape index (κ3) is 3.30. The highest BCUT2D eigenvalue weighted by molar-refractivity contribution is 7.99. The fourth-order valence-corrected chi connectivity index (χ4v) is 4.43. The van der Waals surface area contributed by atoms with E-state index in [-0.39, 0.29) is 5.91 Å². The lowest BCUT2D eigenvalue weighted by Crippen LogP contribution is -2.51. The van der Waals surface area contributed by atoms with Crippen LogP contribution in [0.1, 0.15) is 24.6 Å². The minimum Gasteiger partial charge on any atom is -0.480 e. The number of nitrogens with zero attached hydrogens (tertiary/aromatic N) is 1. The van der Waals surface area contributed by atoms with Crippen LogP contribution in [0.15, 0.2) is 12.1 Å². The molecule has 1 aliphatic heterocycles. The number of hydrogen-bond donors (Lipinski definition) is 1. The van der Waals surface area contributed by atoms with E-state index in [1.165, 1.54) is 28.0 Å². The van der Waals surface area contributed by atoms with Crippen molar-refractivity contribution in [2.24, 2.45) is 0 Å². The zero-order chi connectivity index (χ0) is 14.8. The van der Waals surface area contributed by atoms with Crippen LogP contribution in [0.5, 0.6) is 0 Å². The molecule has 0 radical (unpaired) electrons. The minimum atomic E-state index is -1.04. The lowest BCUT2D eigenvalue weighted by atomic mass is 9.99. The van der Waals surface area contributed by atoms with Gasteiger partial charge in [-0.2, -0.15) is 0 Å². The number of thioether (sulfide) groups is 1. The first-order valence-corrected chi connectivity index (χ1v) is 8.64. The number of hydrogen-bond acceptors (Lipinski definition) is 4. The first-order chi connectivity index (χ1) is 9.43. The van der Waals surface area contributed by atoms with Gasteiger partial charge in [-0.3, -0.25) is 4.79 Å². The van der Waals surface area contributed by atoms with Gasteiger partial charge in [0, 0.05) is 17.2 Å². The number of amides is 1. The summed E-state index contributed by atoms with van der Waals surface area (Å²) in [5.41, 5.74) is -1.04. The summed E-state index contributed by atoms with van der Waals surface area (Å²) in [5.74, 6) is 0.0116. The standard InChI is InChI=1S/C13H16ClNO3S2/c1-13(12(17)18)5-2-6-15(13)11(16)8-19-7-9-3-4-10(14)20-9/h3-4H,2,5-8H2,1H3,(H,17,18). The fraction of sp³-hybridized carbons (Fsp3) is 0.538. The van der Waals surface area contributed by atoms with E-state index in [2.05, 4.69) is 0 Å². The van der Waals surface area contributed by atoms with Crippen molar-refractivity contribution in [1.29, 1.82) is 0 Å². The zero-order valence-electron chi connectivity index (χ0n) is 11.1. The summed E-state index contributed by atoms with van der Waals surface area (Å²) >= 11 is 8.84. The number of carbonyl (C=O) groups excluding carboxylic acids is 1. The highest BCUT2D eigenvalue weighted by Gasteiger charge is 2.45. The summed E-state index contributed by atoms with van der Waals surface area (Å²) in [6.07, 6.45) is 1.28. The maximum absolute atomic E-state index is 12.2. The van der Waals surface area contributed by atoms with Crippen molar-refractivity contribution in [1.82, 2.24) is 4.90 Å². The van der Waals surface area contributed by atoms with Crippen LogP contribution in [0.3, 0.4) is 0 Å². The molecule has 0 spiro atoms. The van der Waals surface area contributed by atoms with E-state index in [4.69, 9.17) is 11.6 Å². The molecule has 1 unspecified atom stereocenters. The van der Waals surface area contributed by atoms with Crippen molar-refractivity contribution in [2.75, 3.05) is 12.3 Å². The molecule has 1 atom stereocenters. The van der Waals surface area contributed by atoms with Crippen molar-refractivity contribution in [2.45, 2.75) is 31.1 Å². The third-order valence-electron chi connectivity index (χ3n) is 3.50. The number of halogens is 1. The van der Waals surface area contributed by atoms with Crippen LogP contribution in [-0.2, 0) is 15.3 Å². The minimum absolute atomic E-state index is 0.0972. The second-order valence-corrected chi connectivity index (χ2v) is 7.71. The summed E-state index contributed by atoms with van der Waals surface area (Å²) in [5, 5.41) is 9.28. The summed E-state index contributed by atoms with van der Waals surface area (Å²) in [4.78, 5) is 26.1. The van der Waals surface area contributed by atoms with Gasteiger partial charge in [-0.05, 0) is 31.9 Å². The van der Waals surface area contributed by atoms with Crippen LogP contribution >= 0.6 is 34.7 Å². The third-order valence-corrected chi connectivity index (χ3v) is 5.88. The molecule has 20 heavy (non-hydrogen) atoms. The molecule has 2 heterocycles. The van der Waals surface area contributed by atoms with E-state index < -0.39 is 11.5 Å². The van der Waals surface area contributed by atoms with Crippen LogP contribution < -0.4 is 0 Å². The smallest absolute Gasteiger partial charge is 0.329 e. The Labute approximate surface area is 131 Å². The average Bonchev–Trinajstić information content (AvgIpc) is 2.96. The maximum atomic E-state index is 12.2. The van der Waals surface area contributed by atoms with Gasteiger partial charge >= 0.3 is 5.97 Å². The predicted octanol–water partition coefficient (Wildman–Crippen LogP) is 3.10. The highest BCUT2D eigenvalue weighted by Crippen LogP contribution is 2.30. The Bertz CT molecular complexity index is 519. The molecule has 110 valence electrons. The molecule has 4 nitrogen and oxygen atoms in total. The fourth-order valence-electron chi connectivity index (χ4n) is 2.33. The van der Waals surface area contributed by atoms with Crippen molar-refractivity contribution in [3.63, 3.8) is 0 Å². The largest absolute Gasteiger partial charge is 0.480 e. The van der Waals surface area contributed by atoms with Crippen molar-refractivity contribution >= 4 is 46.6 Å². The molecule has 1 saturated heterocycles. The number of carboxylic acids is 1. The maximum Gasteiger partial charge on any atom is 0.329 e. The summed E-state index contributed by atoms with van der Waals surface area (Å²) in [7, 11) is 0. The summed E-state index contributed by atoms with van der Waals surface area (Å²) < 4.78 is 0.741. The Balaban J connectivity index is 1.87. The van der Waals surface area contributed by atoms with E-state index in [1.54, 1.807) is 6.92 Å². The molecule has 1 N–H and O–H groups in total. The molecule has 1 fully saturated rings. The Hall–Kier alpha value is -0.720. The lowest BCUT2D eigenvalue weighted by molar-refractivity contribution is -0.154. The summed E-state index contributed by atoms with van der Waals surface area (Å²) in [6.45, 7) is 2.16. The van der Waals surface area contributed by atoms with Gasteiger partial charge < -0.3 is 10.0 Å². The molecule has 2 rings (SSSR count). The Morgan fingerprint density at radius 3 is 2.90 bits per heavy atom. The monoisotopic (exact) mass is 333 g/mol. The van der Waals surface area contributed by atoms with Crippen LogP contribution in [0.4, 0.5) is 0 Å². The van der Waals surface area contributed by atoms with Crippen LogP contribution in [0.25, 0.3) is 0 Å². The summed E-state index contributed by atoms with van der Waals surface area (Å²) in [6, 6.07) is 3.79. The first kappa shape index (κ1) is 15.7. The molecule has 0 saturated carbocycles. The van der Waals surface area contributed by atoms with Crippen LogP contribution in [0, 0.1) is 0 Å². The van der Waals surface area contributed by atoms with E-state index in [0.29, 0.717) is 18.7 Å². The van der Waals surface area contributed by atoms with Crippen molar-refractivity contribution in [3.05, 3.63) is 21.3 Å². The molecule has 7 heteroatoms. The van der Waals surface area contributed by atoms with E-state index >= 15 is 0 Å². The molecular formula is C13H16ClNO3S2. The highest BCUT2D eigenvalue weighted by atomic mass is 35.5. The Kier molecular flexibility index (Phi) is 4.99. The average molecular weight is 334 g/mol. The molecule has 1 aromatic rings. The van der Waals surface area contributed by atoms with E-state index in [9.17, 15) is 14.7 Å². The molecule has 0 aromatic carbocycles. The Morgan fingerprint density at radius 1 is 1.55 bits per heavy atom. The van der Waals surface area contributed by atoms with Crippen LogP contribution in [-0.4, -0.2) is 39.7 Å². The normalized spacial score (nSPS) is 22.2. The van der Waals surface area contributed by atoms with Crippen LogP contribution in [0.2, 0.25) is 4.34 Å². The van der Waals surface area contributed by atoms with Gasteiger partial charge in [0.2, 0.25) is 5.91 Å². The quantitative estimate of drug-likeness (QED) is 0.899. The predicted molar refractivity (Wildman–Crippen MR) is 82.5 cm³/mol. The number of carboxylic acid groups (broad SMARTS) is 1. The second kappa shape index (κ2) is 6.37. The topological polar surface area (TPSA) is 57.6 Å². The lowest BCUT2D eigenvalue weighted by Gasteiger charge is -2.31. The Morgan fingerprint density at radius 2 is 2.30 bits per heavy atom. The molecular weight excluding hydrogens is 318 g/mol. The van der Waals surface area contributed by atoms with Gasteiger partial charge in [0.1, 0.15) is 5.54 Å². The van der Waals surface area contributed by atoms with Crippen molar-refractivity contribution < 1.29 is 14.7 Å². The SMILES string of the molecule is CC1(C(=O)O)CCCN1C(=O)CSCc1ccc(Cl)s1. The number of likely N-dealkylation sites (tertiary alicyclic amines) is 1. The van der Waals surface area contributed by atoms with E-state index in [0.717, 1.165) is 21.4 Å². The van der Waals surface area contributed by atoms with Gasteiger partial charge in [-0.15, -0.1) is 23.1 Å². The number of carbonyl (C=O) groups is 2. The second-order valence-electron chi connectivity index (χ2n) is 4.93. The number of rotatable bonds is 5. The molecule has 1 amide bonds. The molecule has 1 aromatic heterocycles. The van der Waals surface area contributed by atoms with Gasteiger partial charge in [0.25, 0.3) is 0 Å². The van der Waals surface area contributed by atoms with Gasteiger partial charge in [-0.1, -0.05) is 11.6 Å². The first-order valence-electron chi connectivity index (χ1n) is 6.29. The number of thiophene rings is 1. The number of aliphatic carboxylic acids is 1. The zero-order valence-corrected chi connectivity index (χ0v) is 13.5. The molecule has 0 aliphatic carbocycles. The van der Waals surface area contributed by atoms with Gasteiger partial charge in [0.15, 0.2) is 0 Å².